The summed E-state index contributed by atoms with van der Waals surface area (Å²) in [6.45, 7) is 3.55. The van der Waals surface area contributed by atoms with E-state index in [9.17, 15) is 9.90 Å². The van der Waals surface area contributed by atoms with Crippen molar-refractivity contribution in [3.05, 3.63) is 28.7 Å². The number of hydrogen-bond acceptors (Lipinski definition) is 3. The fourth-order valence-electron chi connectivity index (χ4n) is 2.25. The summed E-state index contributed by atoms with van der Waals surface area (Å²) in [6.07, 6.45) is 0.797. The molecular formula is C15H20BrNO3. The van der Waals surface area contributed by atoms with Gasteiger partial charge in [-0.1, -0.05) is 28.9 Å². The second kappa shape index (κ2) is 7.09. The minimum absolute atomic E-state index is 0.0472. The van der Waals surface area contributed by atoms with E-state index < -0.39 is 6.10 Å². The van der Waals surface area contributed by atoms with Gasteiger partial charge in [0.15, 0.2) is 0 Å². The van der Waals surface area contributed by atoms with E-state index in [4.69, 9.17) is 4.74 Å². The van der Waals surface area contributed by atoms with Crippen molar-refractivity contribution in [3.63, 3.8) is 0 Å². The van der Waals surface area contributed by atoms with Crippen LogP contribution < -0.4 is 4.74 Å². The molecule has 1 N–H and O–H groups in total. The second-order valence-electron chi connectivity index (χ2n) is 5.23. The van der Waals surface area contributed by atoms with Gasteiger partial charge in [-0.25, -0.2) is 0 Å². The molecule has 0 bridgehead atoms. The van der Waals surface area contributed by atoms with Gasteiger partial charge in [0.2, 0.25) is 5.91 Å². The molecule has 0 aromatic heterocycles. The molecule has 2 rings (SSSR count). The van der Waals surface area contributed by atoms with Crippen LogP contribution in [0.25, 0.3) is 0 Å². The number of hydrogen-bond donors (Lipinski definition) is 1. The first-order valence-corrected chi connectivity index (χ1v) is 7.70. The number of benzene rings is 1. The van der Waals surface area contributed by atoms with E-state index in [1.807, 2.05) is 31.2 Å². The first-order valence-electron chi connectivity index (χ1n) is 6.90. The Morgan fingerprint density at radius 2 is 2.35 bits per heavy atom. The maximum atomic E-state index is 12.0. The van der Waals surface area contributed by atoms with Crippen LogP contribution in [-0.4, -0.2) is 41.7 Å². The number of nitrogens with zero attached hydrogens (tertiary/aromatic N) is 1. The Bertz CT molecular complexity index is 466. The SMILES string of the molecule is CC1CCN(C(=O)CCOc2cccc(Br)c2)CC1O. The lowest BCUT2D eigenvalue weighted by molar-refractivity contribution is -0.135. The Labute approximate surface area is 127 Å². The van der Waals surface area contributed by atoms with Crippen LogP contribution in [0.4, 0.5) is 0 Å². The molecule has 4 nitrogen and oxygen atoms in total. The highest BCUT2D eigenvalue weighted by Gasteiger charge is 2.26. The van der Waals surface area contributed by atoms with Gasteiger partial charge in [-0.3, -0.25) is 4.79 Å². The van der Waals surface area contributed by atoms with Crippen LogP contribution in [0.15, 0.2) is 28.7 Å². The molecule has 1 saturated heterocycles. The first kappa shape index (κ1) is 15.3. The van der Waals surface area contributed by atoms with Gasteiger partial charge in [-0.2, -0.15) is 0 Å². The first-order chi connectivity index (χ1) is 9.56. The highest BCUT2D eigenvalue weighted by Crippen LogP contribution is 2.19. The van der Waals surface area contributed by atoms with E-state index in [-0.39, 0.29) is 11.8 Å². The molecule has 1 fully saturated rings. The number of piperidine rings is 1. The topological polar surface area (TPSA) is 49.8 Å². The Morgan fingerprint density at radius 1 is 1.55 bits per heavy atom. The molecular weight excluding hydrogens is 322 g/mol. The maximum Gasteiger partial charge on any atom is 0.226 e. The number of amides is 1. The van der Waals surface area contributed by atoms with Crippen LogP contribution in [0.3, 0.4) is 0 Å². The van der Waals surface area contributed by atoms with Crippen molar-refractivity contribution in [2.45, 2.75) is 25.9 Å². The lowest BCUT2D eigenvalue weighted by Crippen LogP contribution is -2.46. The maximum absolute atomic E-state index is 12.0. The molecule has 1 aliphatic rings. The molecule has 110 valence electrons. The zero-order valence-electron chi connectivity index (χ0n) is 11.6. The smallest absolute Gasteiger partial charge is 0.226 e. The van der Waals surface area contributed by atoms with Crippen LogP contribution in [0, 0.1) is 5.92 Å². The van der Waals surface area contributed by atoms with E-state index in [1.165, 1.54) is 0 Å². The normalized spacial score (nSPS) is 22.6. The van der Waals surface area contributed by atoms with Gasteiger partial charge in [0, 0.05) is 17.6 Å². The van der Waals surface area contributed by atoms with Crippen molar-refractivity contribution in [3.8, 4) is 5.75 Å². The molecule has 0 radical (unpaired) electrons. The number of carbonyl (C=O) groups excluding carboxylic acids is 1. The number of ether oxygens (including phenoxy) is 1. The number of rotatable bonds is 4. The molecule has 1 heterocycles. The van der Waals surface area contributed by atoms with E-state index in [0.717, 1.165) is 23.2 Å². The standard InChI is InChI=1S/C15H20BrNO3/c1-11-5-7-17(10-14(11)18)15(19)6-8-20-13-4-2-3-12(16)9-13/h2-4,9,11,14,18H,5-8,10H2,1H3. The number of β-amino-alcohol motifs (C(OH)–C–C–N with tert-alkyl or cyclic N) is 1. The van der Waals surface area contributed by atoms with Crippen LogP contribution in [0.1, 0.15) is 19.8 Å². The predicted molar refractivity (Wildman–Crippen MR) is 80.6 cm³/mol. The van der Waals surface area contributed by atoms with Crippen molar-refractivity contribution in [1.29, 1.82) is 0 Å². The average Bonchev–Trinajstić information content (AvgIpc) is 2.42. The summed E-state index contributed by atoms with van der Waals surface area (Å²) in [5.41, 5.74) is 0. The minimum atomic E-state index is -0.404. The summed E-state index contributed by atoms with van der Waals surface area (Å²) < 4.78 is 6.51. The largest absolute Gasteiger partial charge is 0.493 e. The molecule has 1 amide bonds. The van der Waals surface area contributed by atoms with Crippen molar-refractivity contribution in [2.75, 3.05) is 19.7 Å². The van der Waals surface area contributed by atoms with E-state index in [2.05, 4.69) is 15.9 Å². The van der Waals surface area contributed by atoms with Crippen molar-refractivity contribution in [1.82, 2.24) is 4.90 Å². The van der Waals surface area contributed by atoms with Crippen LogP contribution in [0.2, 0.25) is 0 Å². The number of likely N-dealkylation sites (tertiary alicyclic amines) is 1. The molecule has 2 atom stereocenters. The van der Waals surface area contributed by atoms with Gasteiger partial charge in [0.05, 0.1) is 19.1 Å². The summed E-state index contributed by atoms with van der Waals surface area (Å²) >= 11 is 3.37. The Hall–Kier alpha value is -1.07. The molecule has 0 saturated carbocycles. The Morgan fingerprint density at radius 3 is 3.05 bits per heavy atom. The van der Waals surface area contributed by atoms with Gasteiger partial charge in [-0.05, 0) is 30.5 Å². The van der Waals surface area contributed by atoms with Gasteiger partial charge < -0.3 is 14.7 Å². The lowest BCUT2D eigenvalue weighted by atomic mass is 9.96. The van der Waals surface area contributed by atoms with Crippen molar-refractivity contribution < 1.29 is 14.6 Å². The monoisotopic (exact) mass is 341 g/mol. The van der Waals surface area contributed by atoms with Gasteiger partial charge in [0.1, 0.15) is 5.75 Å². The van der Waals surface area contributed by atoms with E-state index in [0.29, 0.717) is 19.6 Å². The molecule has 1 aliphatic heterocycles. The summed E-state index contributed by atoms with van der Waals surface area (Å²) in [4.78, 5) is 13.8. The Balaban J connectivity index is 1.75. The van der Waals surface area contributed by atoms with Gasteiger partial charge in [0.25, 0.3) is 0 Å². The summed E-state index contributed by atoms with van der Waals surface area (Å²) in [5.74, 6) is 1.07. The highest BCUT2D eigenvalue weighted by molar-refractivity contribution is 9.10. The fraction of sp³-hybridized carbons (Fsp3) is 0.533. The minimum Gasteiger partial charge on any atom is -0.493 e. The average molecular weight is 342 g/mol. The lowest BCUT2D eigenvalue weighted by Gasteiger charge is -2.34. The van der Waals surface area contributed by atoms with Crippen LogP contribution in [-0.2, 0) is 4.79 Å². The zero-order valence-corrected chi connectivity index (χ0v) is 13.2. The molecule has 5 heteroatoms. The molecule has 0 aliphatic carbocycles. The summed E-state index contributed by atoms with van der Waals surface area (Å²) in [5, 5.41) is 9.80. The van der Waals surface area contributed by atoms with Crippen molar-refractivity contribution in [2.24, 2.45) is 5.92 Å². The van der Waals surface area contributed by atoms with Crippen molar-refractivity contribution >= 4 is 21.8 Å². The third kappa shape index (κ3) is 4.21. The predicted octanol–water partition coefficient (Wildman–Crippen LogP) is 2.45. The molecule has 1 aromatic rings. The van der Waals surface area contributed by atoms with Crippen LogP contribution in [0.5, 0.6) is 5.75 Å². The number of halogens is 1. The van der Waals surface area contributed by atoms with E-state index in [1.54, 1.807) is 4.90 Å². The third-order valence-corrected chi connectivity index (χ3v) is 4.15. The van der Waals surface area contributed by atoms with E-state index >= 15 is 0 Å². The Kier molecular flexibility index (Phi) is 5.43. The molecule has 0 spiro atoms. The number of carbonyl (C=O) groups is 1. The molecule has 2 unspecified atom stereocenters. The van der Waals surface area contributed by atoms with Crippen LogP contribution >= 0.6 is 15.9 Å². The summed E-state index contributed by atoms with van der Waals surface area (Å²) in [7, 11) is 0. The molecule has 1 aromatic carbocycles. The summed E-state index contributed by atoms with van der Waals surface area (Å²) in [6, 6.07) is 7.55. The molecule has 20 heavy (non-hydrogen) atoms. The third-order valence-electron chi connectivity index (χ3n) is 3.65. The zero-order chi connectivity index (χ0) is 14.5. The quantitative estimate of drug-likeness (QED) is 0.914. The highest BCUT2D eigenvalue weighted by atomic mass is 79.9. The van der Waals surface area contributed by atoms with Gasteiger partial charge >= 0.3 is 0 Å². The number of aliphatic hydroxyl groups is 1. The second-order valence-corrected chi connectivity index (χ2v) is 6.14. The number of aliphatic hydroxyl groups excluding tert-OH is 1. The fourth-order valence-corrected chi connectivity index (χ4v) is 2.62. The van der Waals surface area contributed by atoms with Gasteiger partial charge in [-0.15, -0.1) is 0 Å².